The summed E-state index contributed by atoms with van der Waals surface area (Å²) in [5.74, 6) is -0.436. The van der Waals surface area contributed by atoms with Crippen molar-refractivity contribution in [3.05, 3.63) is 51.8 Å². The molecular weight excluding hydrogens is 287 g/mol. The van der Waals surface area contributed by atoms with E-state index in [1.165, 1.54) is 24.4 Å². The zero-order chi connectivity index (χ0) is 14.0. The highest BCUT2D eigenvalue weighted by Crippen LogP contribution is 2.26. The number of amides is 1. The zero-order valence-corrected chi connectivity index (χ0v) is 11.5. The predicted octanol–water partition coefficient (Wildman–Crippen LogP) is 3.65. The molecule has 6 heteroatoms. The van der Waals surface area contributed by atoms with Crippen molar-refractivity contribution in [1.82, 2.24) is 4.98 Å². The molecule has 0 spiro atoms. The zero-order valence-electron chi connectivity index (χ0n) is 9.95. The number of hydrogen-bond donors (Lipinski definition) is 2. The minimum atomic E-state index is -0.390. The van der Waals surface area contributed by atoms with Crippen LogP contribution >= 0.6 is 23.2 Å². The lowest BCUT2D eigenvalue weighted by molar-refractivity contribution is 0.102. The van der Waals surface area contributed by atoms with Crippen LogP contribution in [0.1, 0.15) is 16.1 Å². The standard InChI is InChI=1S/C13H10Cl2N2O2/c1-7-4-10(14)9(6-16-7)13(19)17-8-2-3-12(18)11(15)5-8/h2-6,18H,1H3,(H,17,19). The number of aryl methyl sites for hydroxylation is 1. The average Bonchev–Trinajstić information content (AvgIpc) is 2.33. The molecule has 0 saturated carbocycles. The van der Waals surface area contributed by atoms with E-state index in [1.807, 2.05) is 0 Å². The molecule has 0 radical (unpaired) electrons. The molecule has 2 rings (SSSR count). The van der Waals surface area contributed by atoms with E-state index in [9.17, 15) is 9.90 Å². The maximum Gasteiger partial charge on any atom is 0.258 e. The van der Waals surface area contributed by atoms with Crippen molar-refractivity contribution in [3.8, 4) is 5.75 Å². The summed E-state index contributed by atoms with van der Waals surface area (Å²) in [7, 11) is 0. The van der Waals surface area contributed by atoms with E-state index in [2.05, 4.69) is 10.3 Å². The second-order valence-corrected chi connectivity index (χ2v) is 4.74. The van der Waals surface area contributed by atoms with Crippen LogP contribution in [0.4, 0.5) is 5.69 Å². The molecule has 0 aliphatic heterocycles. The van der Waals surface area contributed by atoms with E-state index in [0.717, 1.165) is 5.69 Å². The first-order valence-corrected chi connectivity index (χ1v) is 6.15. The lowest BCUT2D eigenvalue weighted by Gasteiger charge is -2.07. The highest BCUT2D eigenvalue weighted by atomic mass is 35.5. The van der Waals surface area contributed by atoms with Crippen LogP contribution in [0, 0.1) is 6.92 Å². The molecule has 2 aromatic rings. The Morgan fingerprint density at radius 3 is 2.63 bits per heavy atom. The summed E-state index contributed by atoms with van der Waals surface area (Å²) in [6.07, 6.45) is 1.41. The largest absolute Gasteiger partial charge is 0.506 e. The quantitative estimate of drug-likeness (QED) is 0.832. The van der Waals surface area contributed by atoms with Crippen molar-refractivity contribution in [2.75, 3.05) is 5.32 Å². The molecule has 1 aromatic carbocycles. The van der Waals surface area contributed by atoms with Crippen LogP contribution in [0.15, 0.2) is 30.5 Å². The van der Waals surface area contributed by atoms with Gasteiger partial charge in [-0.25, -0.2) is 0 Å². The van der Waals surface area contributed by atoms with Crippen molar-refractivity contribution >= 4 is 34.8 Å². The molecule has 0 bridgehead atoms. The van der Waals surface area contributed by atoms with E-state index in [-0.39, 0.29) is 22.2 Å². The number of carbonyl (C=O) groups is 1. The number of carbonyl (C=O) groups excluding carboxylic acids is 1. The minimum absolute atomic E-state index is 0.0466. The van der Waals surface area contributed by atoms with E-state index < -0.39 is 0 Å². The maximum absolute atomic E-state index is 12.0. The molecule has 0 aliphatic rings. The second kappa shape index (κ2) is 5.47. The van der Waals surface area contributed by atoms with Crippen LogP contribution < -0.4 is 5.32 Å². The Balaban J connectivity index is 2.23. The van der Waals surface area contributed by atoms with E-state index in [1.54, 1.807) is 13.0 Å². The van der Waals surface area contributed by atoms with Gasteiger partial charge in [-0.05, 0) is 31.2 Å². The molecule has 0 unspecified atom stereocenters. The molecule has 0 fully saturated rings. The number of pyridine rings is 1. The lowest BCUT2D eigenvalue weighted by Crippen LogP contribution is -2.13. The third-order valence-corrected chi connectivity index (χ3v) is 3.06. The van der Waals surface area contributed by atoms with Crippen LogP contribution in [0.5, 0.6) is 5.75 Å². The van der Waals surface area contributed by atoms with Gasteiger partial charge in [-0.15, -0.1) is 0 Å². The Bertz CT molecular complexity index is 645. The smallest absolute Gasteiger partial charge is 0.258 e. The van der Waals surface area contributed by atoms with Crippen LogP contribution in [0.25, 0.3) is 0 Å². The van der Waals surface area contributed by atoms with Gasteiger partial charge in [0, 0.05) is 17.6 Å². The Morgan fingerprint density at radius 1 is 1.26 bits per heavy atom. The highest BCUT2D eigenvalue weighted by molar-refractivity contribution is 6.34. The summed E-state index contributed by atoms with van der Waals surface area (Å²) in [5.41, 5.74) is 1.47. The molecule has 0 saturated heterocycles. The Morgan fingerprint density at radius 2 is 2.00 bits per heavy atom. The number of nitrogens with zero attached hydrogens (tertiary/aromatic N) is 1. The molecule has 1 aromatic heterocycles. The van der Waals surface area contributed by atoms with Crippen LogP contribution in [-0.4, -0.2) is 16.0 Å². The van der Waals surface area contributed by atoms with Crippen LogP contribution in [0.2, 0.25) is 10.0 Å². The molecule has 98 valence electrons. The maximum atomic E-state index is 12.0. The molecule has 0 aliphatic carbocycles. The van der Waals surface area contributed by atoms with Gasteiger partial charge in [0.1, 0.15) is 5.75 Å². The predicted molar refractivity (Wildman–Crippen MR) is 75.1 cm³/mol. The van der Waals surface area contributed by atoms with E-state index in [4.69, 9.17) is 23.2 Å². The Kier molecular flexibility index (Phi) is 3.93. The van der Waals surface area contributed by atoms with Gasteiger partial charge in [-0.1, -0.05) is 23.2 Å². The lowest BCUT2D eigenvalue weighted by atomic mass is 10.2. The summed E-state index contributed by atoms with van der Waals surface area (Å²) < 4.78 is 0. The first-order valence-electron chi connectivity index (χ1n) is 5.39. The van der Waals surface area contributed by atoms with Gasteiger partial charge in [0.05, 0.1) is 15.6 Å². The average molecular weight is 297 g/mol. The van der Waals surface area contributed by atoms with Crippen molar-refractivity contribution < 1.29 is 9.90 Å². The van der Waals surface area contributed by atoms with Gasteiger partial charge in [0.15, 0.2) is 0 Å². The fraction of sp³-hybridized carbons (Fsp3) is 0.0769. The third kappa shape index (κ3) is 3.16. The monoisotopic (exact) mass is 296 g/mol. The summed E-state index contributed by atoms with van der Waals surface area (Å²) in [4.78, 5) is 16.0. The van der Waals surface area contributed by atoms with Crippen LogP contribution in [-0.2, 0) is 0 Å². The van der Waals surface area contributed by atoms with Crippen molar-refractivity contribution in [1.29, 1.82) is 0 Å². The molecule has 19 heavy (non-hydrogen) atoms. The molecular formula is C13H10Cl2N2O2. The van der Waals surface area contributed by atoms with Gasteiger partial charge >= 0.3 is 0 Å². The van der Waals surface area contributed by atoms with Gasteiger partial charge in [0.2, 0.25) is 0 Å². The fourth-order valence-electron chi connectivity index (χ4n) is 1.48. The van der Waals surface area contributed by atoms with Gasteiger partial charge < -0.3 is 10.4 Å². The highest BCUT2D eigenvalue weighted by Gasteiger charge is 2.12. The van der Waals surface area contributed by atoms with Crippen molar-refractivity contribution in [2.24, 2.45) is 0 Å². The van der Waals surface area contributed by atoms with Gasteiger partial charge in [-0.2, -0.15) is 0 Å². The minimum Gasteiger partial charge on any atom is -0.506 e. The SMILES string of the molecule is Cc1cc(Cl)c(C(=O)Nc2ccc(O)c(Cl)c2)cn1. The number of anilines is 1. The fourth-order valence-corrected chi connectivity index (χ4v) is 1.95. The third-order valence-electron chi connectivity index (χ3n) is 2.44. The summed E-state index contributed by atoms with van der Waals surface area (Å²) in [6, 6.07) is 5.99. The van der Waals surface area contributed by atoms with Gasteiger partial charge in [-0.3, -0.25) is 9.78 Å². The Labute approximate surface area is 120 Å². The summed E-state index contributed by atoms with van der Waals surface area (Å²) >= 11 is 11.7. The molecule has 1 heterocycles. The van der Waals surface area contributed by atoms with Gasteiger partial charge in [0.25, 0.3) is 5.91 Å². The summed E-state index contributed by atoms with van der Waals surface area (Å²) in [5, 5.41) is 12.4. The number of phenols is 1. The van der Waals surface area contributed by atoms with Crippen molar-refractivity contribution in [2.45, 2.75) is 6.92 Å². The number of nitrogens with one attached hydrogen (secondary N) is 1. The topological polar surface area (TPSA) is 62.2 Å². The summed E-state index contributed by atoms with van der Waals surface area (Å²) in [6.45, 7) is 1.79. The van der Waals surface area contributed by atoms with E-state index >= 15 is 0 Å². The molecule has 2 N–H and O–H groups in total. The normalized spacial score (nSPS) is 10.3. The number of hydrogen-bond acceptors (Lipinski definition) is 3. The molecule has 4 nitrogen and oxygen atoms in total. The number of benzene rings is 1. The first-order chi connectivity index (χ1) is 8.97. The second-order valence-electron chi connectivity index (χ2n) is 3.93. The Hall–Kier alpha value is -1.78. The molecule has 1 amide bonds. The van der Waals surface area contributed by atoms with Crippen LogP contribution in [0.3, 0.4) is 0 Å². The molecule has 0 atom stereocenters. The van der Waals surface area contributed by atoms with Crippen molar-refractivity contribution in [3.63, 3.8) is 0 Å². The van der Waals surface area contributed by atoms with E-state index in [0.29, 0.717) is 10.7 Å². The number of rotatable bonds is 2. The number of aromatic hydroxyl groups is 1. The first kappa shape index (κ1) is 13.6. The number of phenolic OH excluding ortho intramolecular Hbond substituents is 1. The number of halogens is 2. The number of aromatic nitrogens is 1.